The number of aromatic nitrogens is 3. The molecule has 1 fully saturated rings. The van der Waals surface area contributed by atoms with Gasteiger partial charge in [0, 0.05) is 19.1 Å². The molecule has 0 aromatic carbocycles. The Morgan fingerprint density at radius 1 is 1.61 bits per heavy atom. The third-order valence-electron chi connectivity index (χ3n) is 3.06. The first-order valence-corrected chi connectivity index (χ1v) is 6.31. The highest BCUT2D eigenvalue weighted by molar-refractivity contribution is 5.19. The molecule has 0 aliphatic carbocycles. The zero-order chi connectivity index (χ0) is 12.8. The lowest BCUT2D eigenvalue weighted by Gasteiger charge is -2.12. The lowest BCUT2D eigenvalue weighted by molar-refractivity contribution is 0.134. The Balaban J connectivity index is 2.14. The lowest BCUT2D eigenvalue weighted by atomic mass is 10.0. The van der Waals surface area contributed by atoms with Crippen LogP contribution in [0.2, 0.25) is 0 Å². The Kier molecular flexibility index (Phi) is 4.67. The summed E-state index contributed by atoms with van der Waals surface area (Å²) in [5.41, 5.74) is 1.83. The van der Waals surface area contributed by atoms with Gasteiger partial charge >= 0.3 is 0 Å². The van der Waals surface area contributed by atoms with Crippen LogP contribution in [-0.2, 0) is 22.4 Å². The van der Waals surface area contributed by atoms with E-state index >= 15 is 0 Å². The molecular weight excluding hydrogens is 232 g/mol. The lowest BCUT2D eigenvalue weighted by Crippen LogP contribution is -2.14. The van der Waals surface area contributed by atoms with Crippen molar-refractivity contribution in [1.29, 1.82) is 5.26 Å². The maximum absolute atomic E-state index is 8.83. The maximum atomic E-state index is 8.83. The molecule has 0 N–H and O–H groups in total. The summed E-state index contributed by atoms with van der Waals surface area (Å²) in [7, 11) is 0. The van der Waals surface area contributed by atoms with Crippen molar-refractivity contribution < 1.29 is 9.47 Å². The highest BCUT2D eigenvalue weighted by atomic mass is 16.5. The average Bonchev–Trinajstić information content (AvgIpc) is 2.99. The third kappa shape index (κ3) is 2.86. The van der Waals surface area contributed by atoms with Crippen LogP contribution in [0.5, 0.6) is 0 Å². The van der Waals surface area contributed by atoms with E-state index in [4.69, 9.17) is 14.7 Å². The number of nitrogens with zero attached hydrogens (tertiary/aromatic N) is 4. The molecule has 0 amide bonds. The highest BCUT2D eigenvalue weighted by Crippen LogP contribution is 2.27. The van der Waals surface area contributed by atoms with Gasteiger partial charge in [-0.25, -0.2) is 4.68 Å². The summed E-state index contributed by atoms with van der Waals surface area (Å²) in [4.78, 5) is 0. The van der Waals surface area contributed by atoms with Crippen molar-refractivity contribution in [3.63, 3.8) is 0 Å². The normalized spacial score (nSPS) is 19.0. The van der Waals surface area contributed by atoms with E-state index in [9.17, 15) is 0 Å². The number of hydrogen-bond donors (Lipinski definition) is 0. The van der Waals surface area contributed by atoms with E-state index in [0.29, 0.717) is 38.7 Å². The van der Waals surface area contributed by atoms with Crippen molar-refractivity contribution in [3.8, 4) is 6.07 Å². The molecule has 18 heavy (non-hydrogen) atoms. The van der Waals surface area contributed by atoms with Crippen LogP contribution in [0, 0.1) is 11.3 Å². The molecule has 0 bridgehead atoms. The predicted molar refractivity (Wildman–Crippen MR) is 64.0 cm³/mol. The molecular formula is C12H18N4O2. The van der Waals surface area contributed by atoms with Gasteiger partial charge in [0.1, 0.15) is 5.69 Å². The summed E-state index contributed by atoms with van der Waals surface area (Å²) < 4.78 is 12.6. The van der Waals surface area contributed by atoms with E-state index < -0.39 is 0 Å². The molecule has 1 unspecified atom stereocenters. The largest absolute Gasteiger partial charge is 0.381 e. The summed E-state index contributed by atoms with van der Waals surface area (Å²) in [6, 6.07) is 2.14. The zero-order valence-electron chi connectivity index (χ0n) is 10.6. The molecule has 0 saturated carbocycles. The van der Waals surface area contributed by atoms with Crippen LogP contribution in [0.4, 0.5) is 0 Å². The fourth-order valence-corrected chi connectivity index (χ4v) is 2.21. The Morgan fingerprint density at radius 3 is 3.17 bits per heavy atom. The summed E-state index contributed by atoms with van der Waals surface area (Å²) in [5, 5.41) is 17.1. The summed E-state index contributed by atoms with van der Waals surface area (Å²) in [6.45, 7) is 5.42. The van der Waals surface area contributed by atoms with Gasteiger partial charge in [0.15, 0.2) is 0 Å². The van der Waals surface area contributed by atoms with E-state index in [-0.39, 0.29) is 0 Å². The minimum atomic E-state index is 0.306. The number of ether oxygens (including phenoxy) is 2. The van der Waals surface area contributed by atoms with Crippen molar-refractivity contribution in [2.24, 2.45) is 0 Å². The van der Waals surface area contributed by atoms with E-state index in [2.05, 4.69) is 16.4 Å². The topological polar surface area (TPSA) is 73.0 Å². The second-order valence-electron chi connectivity index (χ2n) is 4.24. The molecule has 6 heteroatoms. The molecule has 1 aliphatic rings. The van der Waals surface area contributed by atoms with Gasteiger partial charge in [0.25, 0.3) is 0 Å². The summed E-state index contributed by atoms with van der Waals surface area (Å²) in [6.07, 6.45) is 1.28. The molecule has 2 heterocycles. The average molecular weight is 250 g/mol. The van der Waals surface area contributed by atoms with E-state index in [1.807, 2.05) is 11.6 Å². The Bertz CT molecular complexity index is 418. The van der Waals surface area contributed by atoms with Gasteiger partial charge in [-0.1, -0.05) is 5.21 Å². The smallest absolute Gasteiger partial charge is 0.100 e. The second kappa shape index (κ2) is 6.47. The van der Waals surface area contributed by atoms with Crippen LogP contribution < -0.4 is 0 Å². The first kappa shape index (κ1) is 13.0. The van der Waals surface area contributed by atoms with Crippen molar-refractivity contribution >= 4 is 0 Å². The van der Waals surface area contributed by atoms with Crippen LogP contribution in [0.3, 0.4) is 0 Å². The van der Waals surface area contributed by atoms with Crippen molar-refractivity contribution in [3.05, 3.63) is 11.4 Å². The molecule has 1 atom stereocenters. The molecule has 98 valence electrons. The van der Waals surface area contributed by atoms with Gasteiger partial charge in [0.2, 0.25) is 0 Å². The fourth-order valence-electron chi connectivity index (χ4n) is 2.21. The first-order chi connectivity index (χ1) is 8.86. The Hall–Kier alpha value is -1.45. The van der Waals surface area contributed by atoms with Crippen LogP contribution in [0.15, 0.2) is 0 Å². The van der Waals surface area contributed by atoms with Crippen molar-refractivity contribution in [2.45, 2.75) is 32.2 Å². The quantitative estimate of drug-likeness (QED) is 0.701. The van der Waals surface area contributed by atoms with Crippen LogP contribution in [0.1, 0.15) is 30.7 Å². The number of hydrogen-bond acceptors (Lipinski definition) is 5. The maximum Gasteiger partial charge on any atom is 0.100 e. The number of nitriles is 1. The monoisotopic (exact) mass is 250 g/mol. The zero-order valence-corrected chi connectivity index (χ0v) is 10.6. The van der Waals surface area contributed by atoms with E-state index in [1.54, 1.807) is 0 Å². The summed E-state index contributed by atoms with van der Waals surface area (Å²) in [5.74, 6) is 0.310. The minimum absolute atomic E-state index is 0.306. The van der Waals surface area contributed by atoms with Crippen LogP contribution >= 0.6 is 0 Å². The van der Waals surface area contributed by atoms with Gasteiger partial charge in [0.05, 0.1) is 37.9 Å². The second-order valence-corrected chi connectivity index (χ2v) is 4.24. The standard InChI is InChI=1S/C12H18N4O2/c1-2-17-8-6-16-12(10-4-7-18-9-10)11(3-5-13)14-15-16/h10H,2-4,6-9H2,1H3. The van der Waals surface area contributed by atoms with Gasteiger partial charge in [-0.3, -0.25) is 0 Å². The summed E-state index contributed by atoms with van der Waals surface area (Å²) >= 11 is 0. The van der Waals surface area contributed by atoms with Gasteiger partial charge in [-0.2, -0.15) is 5.26 Å². The Morgan fingerprint density at radius 2 is 2.50 bits per heavy atom. The predicted octanol–water partition coefficient (Wildman–Crippen LogP) is 0.885. The molecule has 1 aromatic heterocycles. The minimum Gasteiger partial charge on any atom is -0.381 e. The molecule has 0 radical (unpaired) electrons. The Labute approximate surface area is 106 Å². The van der Waals surface area contributed by atoms with E-state index in [0.717, 1.165) is 24.4 Å². The molecule has 2 rings (SSSR count). The highest BCUT2D eigenvalue weighted by Gasteiger charge is 2.26. The molecule has 6 nitrogen and oxygen atoms in total. The van der Waals surface area contributed by atoms with Crippen molar-refractivity contribution in [2.75, 3.05) is 26.4 Å². The van der Waals surface area contributed by atoms with Gasteiger partial charge in [-0.15, -0.1) is 5.10 Å². The third-order valence-corrected chi connectivity index (χ3v) is 3.06. The fraction of sp³-hybridized carbons (Fsp3) is 0.750. The van der Waals surface area contributed by atoms with E-state index in [1.165, 1.54) is 0 Å². The van der Waals surface area contributed by atoms with Crippen LogP contribution in [-0.4, -0.2) is 41.4 Å². The molecule has 1 aliphatic heterocycles. The first-order valence-electron chi connectivity index (χ1n) is 6.31. The van der Waals surface area contributed by atoms with Gasteiger partial charge in [-0.05, 0) is 13.3 Å². The SMILES string of the molecule is CCOCCn1nnc(CC#N)c1C1CCOC1. The molecule has 0 spiro atoms. The molecule has 1 aromatic rings. The van der Waals surface area contributed by atoms with Crippen molar-refractivity contribution in [1.82, 2.24) is 15.0 Å². The van der Waals surface area contributed by atoms with Gasteiger partial charge < -0.3 is 9.47 Å². The molecule has 1 saturated heterocycles. The van der Waals surface area contributed by atoms with Crippen LogP contribution in [0.25, 0.3) is 0 Å². The number of rotatable bonds is 6.